The van der Waals surface area contributed by atoms with Crippen molar-refractivity contribution < 1.29 is 0 Å². The van der Waals surface area contributed by atoms with Gasteiger partial charge in [-0.2, -0.15) is 5.10 Å². The van der Waals surface area contributed by atoms with E-state index in [9.17, 15) is 0 Å². The van der Waals surface area contributed by atoms with Gasteiger partial charge in [0, 0.05) is 5.56 Å². The third-order valence-electron chi connectivity index (χ3n) is 2.74. The molecule has 2 aromatic carbocycles. The predicted octanol–water partition coefficient (Wildman–Crippen LogP) is 2.91. The lowest BCUT2D eigenvalue weighted by atomic mass is 9.97. The van der Waals surface area contributed by atoms with Crippen molar-refractivity contribution in [3.8, 4) is 11.1 Å². The van der Waals surface area contributed by atoms with Crippen LogP contribution in [0, 0.1) is 0 Å². The summed E-state index contributed by atoms with van der Waals surface area (Å²) in [4.78, 5) is 0. The van der Waals surface area contributed by atoms with Gasteiger partial charge in [0.2, 0.25) is 0 Å². The number of benzene rings is 2. The Morgan fingerprint density at radius 2 is 1.68 bits per heavy atom. The number of nitrogens with zero attached hydrogens (tertiary/aromatic N) is 1. The molecule has 0 heterocycles. The van der Waals surface area contributed by atoms with Crippen molar-refractivity contribution in [2.75, 3.05) is 0 Å². The molecular weight excluding hydrogens is 254 g/mol. The normalized spacial score (nSPS) is 11.1. The SMILES string of the molecule is C/C(=N/NC(N)=S)c1ccccc1-c1ccccc1. The van der Waals surface area contributed by atoms with Crippen LogP contribution < -0.4 is 11.2 Å². The Morgan fingerprint density at radius 1 is 1.05 bits per heavy atom. The van der Waals surface area contributed by atoms with E-state index in [2.05, 4.69) is 28.7 Å². The summed E-state index contributed by atoms with van der Waals surface area (Å²) in [5.41, 5.74) is 12.2. The molecule has 0 saturated carbocycles. The first-order valence-corrected chi connectivity index (χ1v) is 6.34. The molecule has 2 rings (SSSR count). The Kier molecular flexibility index (Phi) is 4.26. The Hall–Kier alpha value is -2.20. The molecule has 0 aliphatic heterocycles. The second-order valence-corrected chi connectivity index (χ2v) is 4.52. The molecule has 0 radical (unpaired) electrons. The molecule has 96 valence electrons. The standard InChI is InChI=1S/C15H15N3S/c1-11(17-18-15(16)19)13-9-5-6-10-14(13)12-7-3-2-4-8-12/h2-10H,1H3,(H3,16,18,19)/b17-11-. The van der Waals surface area contributed by atoms with E-state index in [0.29, 0.717) is 0 Å². The second-order valence-electron chi connectivity index (χ2n) is 4.08. The summed E-state index contributed by atoms with van der Waals surface area (Å²) < 4.78 is 0. The van der Waals surface area contributed by atoms with Crippen molar-refractivity contribution in [1.29, 1.82) is 0 Å². The zero-order valence-corrected chi connectivity index (χ0v) is 11.4. The Morgan fingerprint density at radius 3 is 2.37 bits per heavy atom. The fraction of sp³-hybridized carbons (Fsp3) is 0.0667. The molecule has 4 heteroatoms. The Balaban J connectivity index is 2.42. The summed E-state index contributed by atoms with van der Waals surface area (Å²) >= 11 is 4.75. The maximum atomic E-state index is 5.38. The van der Waals surface area contributed by atoms with Crippen LogP contribution in [-0.2, 0) is 0 Å². The van der Waals surface area contributed by atoms with E-state index in [1.54, 1.807) is 0 Å². The van der Waals surface area contributed by atoms with Gasteiger partial charge in [-0.25, -0.2) is 0 Å². The molecule has 0 bridgehead atoms. The van der Waals surface area contributed by atoms with Crippen LogP contribution in [0.15, 0.2) is 59.7 Å². The van der Waals surface area contributed by atoms with Crippen molar-refractivity contribution in [3.63, 3.8) is 0 Å². The minimum absolute atomic E-state index is 0.163. The van der Waals surface area contributed by atoms with E-state index in [1.807, 2.05) is 43.3 Å². The van der Waals surface area contributed by atoms with E-state index in [4.69, 9.17) is 18.0 Å². The van der Waals surface area contributed by atoms with Crippen LogP contribution in [0.3, 0.4) is 0 Å². The number of hydrazone groups is 1. The summed E-state index contributed by atoms with van der Waals surface area (Å²) in [6, 6.07) is 18.3. The molecular formula is C15H15N3S. The van der Waals surface area contributed by atoms with Crippen LogP contribution in [-0.4, -0.2) is 10.8 Å². The molecule has 0 aliphatic rings. The van der Waals surface area contributed by atoms with Crippen molar-refractivity contribution in [2.45, 2.75) is 6.92 Å². The van der Waals surface area contributed by atoms with Crippen LogP contribution in [0.25, 0.3) is 11.1 Å². The molecule has 19 heavy (non-hydrogen) atoms. The van der Waals surface area contributed by atoms with Gasteiger partial charge in [0.1, 0.15) is 0 Å². The van der Waals surface area contributed by atoms with Crippen LogP contribution >= 0.6 is 12.2 Å². The summed E-state index contributed by atoms with van der Waals surface area (Å²) in [5.74, 6) is 0. The minimum Gasteiger partial charge on any atom is -0.375 e. The lowest BCUT2D eigenvalue weighted by Crippen LogP contribution is -2.25. The second kappa shape index (κ2) is 6.11. The lowest BCUT2D eigenvalue weighted by Gasteiger charge is -2.09. The molecule has 3 N–H and O–H groups in total. The number of hydrogen-bond donors (Lipinski definition) is 2. The third kappa shape index (κ3) is 3.39. The van der Waals surface area contributed by atoms with E-state index in [1.165, 1.54) is 0 Å². The topological polar surface area (TPSA) is 50.4 Å². The fourth-order valence-electron chi connectivity index (χ4n) is 1.87. The van der Waals surface area contributed by atoms with Crippen LogP contribution in [0.4, 0.5) is 0 Å². The highest BCUT2D eigenvalue weighted by Gasteiger charge is 2.06. The summed E-state index contributed by atoms with van der Waals surface area (Å²) in [6.45, 7) is 1.92. The highest BCUT2D eigenvalue weighted by molar-refractivity contribution is 7.80. The van der Waals surface area contributed by atoms with Gasteiger partial charge in [-0.05, 0) is 30.3 Å². The smallest absolute Gasteiger partial charge is 0.184 e. The van der Waals surface area contributed by atoms with E-state index in [0.717, 1.165) is 22.4 Å². The molecule has 0 saturated heterocycles. The maximum absolute atomic E-state index is 5.38. The first-order chi connectivity index (χ1) is 9.18. The molecule has 0 aromatic heterocycles. The van der Waals surface area contributed by atoms with E-state index < -0.39 is 0 Å². The van der Waals surface area contributed by atoms with Gasteiger partial charge >= 0.3 is 0 Å². The Bertz CT molecular complexity index is 606. The average molecular weight is 269 g/mol. The molecule has 0 fully saturated rings. The fourth-order valence-corrected chi connectivity index (χ4v) is 1.91. The number of nitrogens with one attached hydrogen (secondary N) is 1. The van der Waals surface area contributed by atoms with Crippen LogP contribution in [0.1, 0.15) is 12.5 Å². The Labute approximate surface area is 118 Å². The van der Waals surface area contributed by atoms with E-state index >= 15 is 0 Å². The van der Waals surface area contributed by atoms with Gasteiger partial charge in [-0.3, -0.25) is 5.43 Å². The summed E-state index contributed by atoms with van der Waals surface area (Å²) in [7, 11) is 0. The molecule has 2 aromatic rings. The van der Waals surface area contributed by atoms with Gasteiger partial charge in [-0.1, -0.05) is 54.6 Å². The number of rotatable bonds is 3. The molecule has 0 amide bonds. The number of thiocarbonyl (C=S) groups is 1. The molecule has 0 atom stereocenters. The van der Waals surface area contributed by atoms with Crippen LogP contribution in [0.5, 0.6) is 0 Å². The first kappa shape index (κ1) is 13.2. The van der Waals surface area contributed by atoms with E-state index in [-0.39, 0.29) is 5.11 Å². The first-order valence-electron chi connectivity index (χ1n) is 5.93. The van der Waals surface area contributed by atoms with Crippen molar-refractivity contribution >= 4 is 23.0 Å². The quantitative estimate of drug-likeness (QED) is 0.512. The zero-order chi connectivity index (χ0) is 13.7. The van der Waals surface area contributed by atoms with Gasteiger partial charge < -0.3 is 5.73 Å². The average Bonchev–Trinajstić information content (AvgIpc) is 2.45. The highest BCUT2D eigenvalue weighted by Crippen LogP contribution is 2.23. The lowest BCUT2D eigenvalue weighted by molar-refractivity contribution is 1.03. The van der Waals surface area contributed by atoms with Gasteiger partial charge in [0.25, 0.3) is 0 Å². The van der Waals surface area contributed by atoms with Crippen molar-refractivity contribution in [3.05, 3.63) is 60.2 Å². The zero-order valence-electron chi connectivity index (χ0n) is 10.6. The van der Waals surface area contributed by atoms with Crippen LogP contribution in [0.2, 0.25) is 0 Å². The minimum atomic E-state index is 0.163. The van der Waals surface area contributed by atoms with Crippen molar-refractivity contribution in [2.24, 2.45) is 10.8 Å². The summed E-state index contributed by atoms with van der Waals surface area (Å²) in [5, 5.41) is 4.34. The summed E-state index contributed by atoms with van der Waals surface area (Å²) in [6.07, 6.45) is 0. The number of hydrogen-bond acceptors (Lipinski definition) is 2. The van der Waals surface area contributed by atoms with Crippen molar-refractivity contribution in [1.82, 2.24) is 5.43 Å². The van der Waals surface area contributed by atoms with Gasteiger partial charge in [0.15, 0.2) is 5.11 Å². The third-order valence-corrected chi connectivity index (χ3v) is 2.83. The molecule has 0 spiro atoms. The van der Waals surface area contributed by atoms with Gasteiger partial charge in [0.05, 0.1) is 5.71 Å². The molecule has 3 nitrogen and oxygen atoms in total. The highest BCUT2D eigenvalue weighted by atomic mass is 32.1. The maximum Gasteiger partial charge on any atom is 0.184 e. The molecule has 0 unspecified atom stereocenters. The monoisotopic (exact) mass is 269 g/mol. The predicted molar refractivity (Wildman–Crippen MR) is 84.0 cm³/mol. The largest absolute Gasteiger partial charge is 0.375 e. The van der Waals surface area contributed by atoms with Gasteiger partial charge in [-0.15, -0.1) is 0 Å². The number of nitrogens with two attached hydrogens (primary N) is 1. The molecule has 0 aliphatic carbocycles.